The van der Waals surface area contributed by atoms with Gasteiger partial charge >= 0.3 is 12.1 Å². The number of carboxylic acid groups (broad SMARTS) is 1. The number of carboxylic acids is 1. The molecule has 0 radical (unpaired) electrons. The molecule has 5 nitrogen and oxygen atoms in total. The number of hydrogen-bond donors (Lipinski definition) is 1. The first-order valence-corrected chi connectivity index (χ1v) is 5.87. The predicted octanol–water partition coefficient (Wildman–Crippen LogP) is 2.49. The van der Waals surface area contributed by atoms with Gasteiger partial charge in [-0.1, -0.05) is 24.3 Å². The normalized spacial score (nSPS) is 14.7. The van der Waals surface area contributed by atoms with Crippen LogP contribution in [0, 0.1) is 0 Å². The number of rotatable bonds is 2. The van der Waals surface area contributed by atoms with Crippen molar-refractivity contribution in [1.29, 1.82) is 0 Å². The fraction of sp³-hybridized carbons (Fsp3) is 0.143. The van der Waals surface area contributed by atoms with Gasteiger partial charge in [0.15, 0.2) is 0 Å². The fourth-order valence-electron chi connectivity index (χ4n) is 2.24. The van der Waals surface area contributed by atoms with Crippen molar-refractivity contribution in [3.05, 3.63) is 42.0 Å². The zero-order chi connectivity index (χ0) is 13.4. The van der Waals surface area contributed by atoms with Gasteiger partial charge < -0.3 is 9.84 Å². The van der Waals surface area contributed by atoms with E-state index >= 15 is 0 Å². The molecule has 1 aliphatic heterocycles. The van der Waals surface area contributed by atoms with E-state index in [1.54, 1.807) is 12.1 Å². The molecule has 5 heteroatoms. The number of aromatic carboxylic acids is 1. The first kappa shape index (κ1) is 11.5. The number of amides is 1. The van der Waals surface area contributed by atoms with E-state index in [4.69, 9.17) is 4.74 Å². The highest BCUT2D eigenvalue weighted by Gasteiger charge is 2.27. The van der Waals surface area contributed by atoms with Crippen molar-refractivity contribution in [3.63, 3.8) is 0 Å². The third-order valence-electron chi connectivity index (χ3n) is 3.15. The Morgan fingerprint density at radius 2 is 1.89 bits per heavy atom. The minimum Gasteiger partial charge on any atom is -0.478 e. The van der Waals surface area contributed by atoms with Crippen molar-refractivity contribution in [2.75, 3.05) is 18.1 Å². The van der Waals surface area contributed by atoms with E-state index in [0.717, 1.165) is 10.8 Å². The average Bonchev–Trinajstić information content (AvgIpc) is 2.83. The van der Waals surface area contributed by atoms with Crippen LogP contribution in [0.3, 0.4) is 0 Å². The van der Waals surface area contributed by atoms with Crippen molar-refractivity contribution in [3.8, 4) is 0 Å². The van der Waals surface area contributed by atoms with Gasteiger partial charge in [-0.3, -0.25) is 4.90 Å². The van der Waals surface area contributed by atoms with Crippen LogP contribution in [-0.4, -0.2) is 30.3 Å². The Hall–Kier alpha value is -2.56. The number of benzene rings is 2. The monoisotopic (exact) mass is 257 g/mol. The summed E-state index contributed by atoms with van der Waals surface area (Å²) in [5.41, 5.74) is 0.492. The molecule has 0 unspecified atom stereocenters. The Balaban J connectivity index is 2.23. The lowest BCUT2D eigenvalue weighted by molar-refractivity contribution is 0.0698. The number of cyclic esters (lactones) is 1. The summed E-state index contributed by atoms with van der Waals surface area (Å²) in [6.45, 7) is 0.655. The molecule has 0 bridgehead atoms. The van der Waals surface area contributed by atoms with Crippen LogP contribution in [-0.2, 0) is 4.74 Å². The number of ether oxygens (including phenoxy) is 1. The van der Waals surface area contributed by atoms with Crippen LogP contribution < -0.4 is 4.90 Å². The Kier molecular flexibility index (Phi) is 2.59. The highest BCUT2D eigenvalue weighted by atomic mass is 16.6. The van der Waals surface area contributed by atoms with E-state index in [2.05, 4.69) is 0 Å². The molecule has 0 spiro atoms. The van der Waals surface area contributed by atoms with Gasteiger partial charge in [-0.25, -0.2) is 9.59 Å². The molecule has 2 aromatic rings. The summed E-state index contributed by atoms with van der Waals surface area (Å²) in [5.74, 6) is -1.06. The highest BCUT2D eigenvalue weighted by molar-refractivity contribution is 6.05. The maximum Gasteiger partial charge on any atom is 0.414 e. The summed E-state index contributed by atoms with van der Waals surface area (Å²) in [6, 6.07) is 10.7. The van der Waals surface area contributed by atoms with Crippen LogP contribution >= 0.6 is 0 Å². The summed E-state index contributed by atoms with van der Waals surface area (Å²) in [6.07, 6.45) is -0.502. The molecule has 2 aromatic carbocycles. The lowest BCUT2D eigenvalue weighted by Gasteiger charge is -2.16. The van der Waals surface area contributed by atoms with Crippen LogP contribution in [0.1, 0.15) is 10.4 Å². The molecule has 1 heterocycles. The van der Waals surface area contributed by atoms with Gasteiger partial charge in [0.2, 0.25) is 0 Å². The Morgan fingerprint density at radius 3 is 2.47 bits per heavy atom. The molecule has 96 valence electrons. The Bertz CT molecular complexity index is 680. The molecule has 0 atom stereocenters. The third kappa shape index (κ3) is 1.89. The second kappa shape index (κ2) is 4.28. The van der Waals surface area contributed by atoms with E-state index in [1.807, 2.05) is 24.3 Å². The summed E-state index contributed by atoms with van der Waals surface area (Å²) in [5, 5.41) is 11.0. The second-order valence-electron chi connectivity index (χ2n) is 4.29. The average molecular weight is 257 g/mol. The summed E-state index contributed by atoms with van der Waals surface area (Å²) in [7, 11) is 0. The molecule has 1 amide bonds. The minimum atomic E-state index is -1.06. The van der Waals surface area contributed by atoms with E-state index in [1.165, 1.54) is 4.90 Å². The quantitative estimate of drug-likeness (QED) is 0.897. The van der Waals surface area contributed by atoms with Gasteiger partial charge in [-0.05, 0) is 22.9 Å². The molecule has 1 saturated heterocycles. The summed E-state index contributed by atoms with van der Waals surface area (Å²) >= 11 is 0. The summed E-state index contributed by atoms with van der Waals surface area (Å²) in [4.78, 5) is 24.3. The second-order valence-corrected chi connectivity index (χ2v) is 4.29. The molecule has 3 rings (SSSR count). The van der Waals surface area contributed by atoms with Gasteiger partial charge in [0.25, 0.3) is 0 Å². The topological polar surface area (TPSA) is 66.8 Å². The number of nitrogens with zero attached hydrogens (tertiary/aromatic N) is 1. The van der Waals surface area contributed by atoms with Crippen LogP contribution in [0.15, 0.2) is 36.4 Å². The van der Waals surface area contributed by atoms with Gasteiger partial charge in [-0.2, -0.15) is 0 Å². The largest absolute Gasteiger partial charge is 0.478 e. The van der Waals surface area contributed by atoms with E-state index in [0.29, 0.717) is 12.2 Å². The molecule has 19 heavy (non-hydrogen) atoms. The first-order chi connectivity index (χ1) is 9.16. The van der Waals surface area contributed by atoms with Gasteiger partial charge in [0.1, 0.15) is 6.61 Å². The Labute approximate surface area is 109 Å². The molecular formula is C14H11NO4. The number of anilines is 1. The van der Waals surface area contributed by atoms with Crippen LogP contribution in [0.25, 0.3) is 10.8 Å². The van der Waals surface area contributed by atoms with Crippen LogP contribution in [0.4, 0.5) is 10.5 Å². The number of hydrogen-bond acceptors (Lipinski definition) is 3. The van der Waals surface area contributed by atoms with Gasteiger partial charge in [-0.15, -0.1) is 0 Å². The Morgan fingerprint density at radius 1 is 1.21 bits per heavy atom. The third-order valence-corrected chi connectivity index (χ3v) is 3.15. The molecule has 1 N–H and O–H groups in total. The smallest absolute Gasteiger partial charge is 0.414 e. The molecule has 0 saturated carbocycles. The minimum absolute atomic E-state index is 0.109. The number of carbonyl (C=O) groups excluding carboxylic acids is 1. The predicted molar refractivity (Wildman–Crippen MR) is 69.6 cm³/mol. The highest BCUT2D eigenvalue weighted by Crippen LogP contribution is 2.29. The fourth-order valence-corrected chi connectivity index (χ4v) is 2.24. The SMILES string of the molecule is O=C(O)c1cc2ccccc2cc1N1CCOC1=O. The van der Waals surface area contributed by atoms with Crippen molar-refractivity contribution < 1.29 is 19.4 Å². The van der Waals surface area contributed by atoms with Crippen LogP contribution in [0.2, 0.25) is 0 Å². The van der Waals surface area contributed by atoms with Gasteiger partial charge in [0, 0.05) is 0 Å². The summed E-state index contributed by atoms with van der Waals surface area (Å²) < 4.78 is 4.86. The zero-order valence-electron chi connectivity index (χ0n) is 10.00. The van der Waals surface area contributed by atoms with Crippen molar-refractivity contribution in [1.82, 2.24) is 0 Å². The molecule has 1 fully saturated rings. The van der Waals surface area contributed by atoms with E-state index in [9.17, 15) is 14.7 Å². The lowest BCUT2D eigenvalue weighted by atomic mass is 10.0. The molecular weight excluding hydrogens is 246 g/mol. The maximum atomic E-state index is 11.6. The zero-order valence-corrected chi connectivity index (χ0v) is 10.00. The maximum absolute atomic E-state index is 11.6. The lowest BCUT2D eigenvalue weighted by Crippen LogP contribution is -2.25. The molecule has 0 aliphatic carbocycles. The van der Waals surface area contributed by atoms with Crippen molar-refractivity contribution >= 4 is 28.5 Å². The standard InChI is InChI=1S/C14H11NO4/c16-13(17)11-7-9-3-1-2-4-10(9)8-12(11)15-5-6-19-14(15)18/h1-4,7-8H,5-6H2,(H,16,17). The first-order valence-electron chi connectivity index (χ1n) is 5.87. The van der Waals surface area contributed by atoms with E-state index in [-0.39, 0.29) is 12.2 Å². The molecule has 0 aromatic heterocycles. The van der Waals surface area contributed by atoms with Gasteiger partial charge in [0.05, 0.1) is 17.8 Å². The number of fused-ring (bicyclic) bond motifs is 1. The van der Waals surface area contributed by atoms with Crippen molar-refractivity contribution in [2.45, 2.75) is 0 Å². The van der Waals surface area contributed by atoms with E-state index < -0.39 is 12.1 Å². The number of carbonyl (C=O) groups is 2. The molecule has 1 aliphatic rings. The van der Waals surface area contributed by atoms with Crippen LogP contribution in [0.5, 0.6) is 0 Å². The van der Waals surface area contributed by atoms with Crippen molar-refractivity contribution in [2.24, 2.45) is 0 Å².